The second-order valence-electron chi connectivity index (χ2n) is 3.38. The molecule has 3 nitrogen and oxygen atoms in total. The summed E-state index contributed by atoms with van der Waals surface area (Å²) in [5.41, 5.74) is 0. The maximum atomic E-state index is 11.0. The van der Waals surface area contributed by atoms with E-state index in [1.54, 1.807) is 11.8 Å². The monoisotopic (exact) mass is 229 g/mol. The van der Waals surface area contributed by atoms with E-state index in [0.29, 0.717) is 13.1 Å². The van der Waals surface area contributed by atoms with Crippen molar-refractivity contribution in [1.29, 1.82) is 0 Å². The minimum Gasteiger partial charge on any atom is -0.195 e. The van der Waals surface area contributed by atoms with Crippen LogP contribution in [0.25, 0.3) is 0 Å². The summed E-state index contributed by atoms with van der Waals surface area (Å²) in [5, 5.41) is 0. The van der Waals surface area contributed by atoms with E-state index < -0.39 is 9.24 Å². The number of thioether (sulfide) groups is 1. The Morgan fingerprint density at radius 2 is 2.08 bits per heavy atom. The minimum absolute atomic E-state index is 0.0137. The van der Waals surface area contributed by atoms with Gasteiger partial charge < -0.3 is 0 Å². The van der Waals surface area contributed by atoms with Crippen molar-refractivity contribution in [3.63, 3.8) is 0 Å². The fourth-order valence-corrected chi connectivity index (χ4v) is 3.61. The summed E-state index contributed by atoms with van der Waals surface area (Å²) in [6, 6.07) is 0. The van der Waals surface area contributed by atoms with Crippen LogP contribution in [0, 0.1) is 0 Å². The first-order valence-electron chi connectivity index (χ1n) is 3.65. The van der Waals surface area contributed by atoms with E-state index in [2.05, 4.69) is 0 Å². The van der Waals surface area contributed by atoms with Crippen molar-refractivity contribution >= 4 is 31.7 Å². The number of halogens is 1. The first-order valence-corrected chi connectivity index (χ1v) is 6.90. The normalized spacial score (nSPS) is 25.6. The van der Waals surface area contributed by atoms with Gasteiger partial charge >= 0.3 is 0 Å². The fraction of sp³-hybridized carbons (Fsp3) is 1.00. The Bertz CT molecular complexity index is 263. The summed E-state index contributed by atoms with van der Waals surface area (Å²) < 4.78 is 23.2. The van der Waals surface area contributed by atoms with Gasteiger partial charge in [0.05, 0.1) is 0 Å². The Morgan fingerprint density at radius 1 is 1.50 bits per heavy atom. The van der Waals surface area contributed by atoms with Crippen molar-refractivity contribution in [3.8, 4) is 0 Å². The van der Waals surface area contributed by atoms with Crippen LogP contribution in [-0.4, -0.2) is 36.3 Å². The first-order chi connectivity index (χ1) is 5.31. The molecule has 12 heavy (non-hydrogen) atoms. The lowest BCUT2D eigenvalue weighted by Crippen LogP contribution is -2.44. The Kier molecular flexibility index (Phi) is 2.98. The van der Waals surface area contributed by atoms with E-state index in [4.69, 9.17) is 10.7 Å². The van der Waals surface area contributed by atoms with Crippen molar-refractivity contribution in [1.82, 2.24) is 4.31 Å². The van der Waals surface area contributed by atoms with Crippen LogP contribution in [0.5, 0.6) is 0 Å². The van der Waals surface area contributed by atoms with E-state index in [-0.39, 0.29) is 4.75 Å². The highest BCUT2D eigenvalue weighted by Gasteiger charge is 2.32. The van der Waals surface area contributed by atoms with E-state index in [1.165, 1.54) is 4.31 Å². The highest BCUT2D eigenvalue weighted by molar-refractivity contribution is 8.12. The molecule has 72 valence electrons. The van der Waals surface area contributed by atoms with E-state index >= 15 is 0 Å². The van der Waals surface area contributed by atoms with Crippen molar-refractivity contribution in [3.05, 3.63) is 0 Å². The van der Waals surface area contributed by atoms with Crippen LogP contribution in [0.15, 0.2) is 0 Å². The Balaban J connectivity index is 2.71. The number of rotatable bonds is 1. The molecule has 1 fully saturated rings. The van der Waals surface area contributed by atoms with Gasteiger partial charge in [0.2, 0.25) is 0 Å². The topological polar surface area (TPSA) is 37.4 Å². The molecular weight excluding hydrogens is 218 g/mol. The zero-order valence-corrected chi connectivity index (χ0v) is 9.47. The average Bonchev–Trinajstić information content (AvgIpc) is 1.83. The van der Waals surface area contributed by atoms with Crippen LogP contribution in [0.3, 0.4) is 0 Å². The number of hydrogen-bond acceptors (Lipinski definition) is 3. The quantitative estimate of drug-likeness (QED) is 0.636. The third kappa shape index (κ3) is 2.80. The smallest absolute Gasteiger partial charge is 0.195 e. The summed E-state index contributed by atoms with van der Waals surface area (Å²) in [5.74, 6) is 0.818. The molecule has 1 saturated heterocycles. The van der Waals surface area contributed by atoms with Crippen molar-refractivity contribution in [2.75, 3.05) is 18.8 Å². The van der Waals surface area contributed by atoms with Gasteiger partial charge in [-0.3, -0.25) is 0 Å². The van der Waals surface area contributed by atoms with Crippen molar-refractivity contribution < 1.29 is 8.42 Å². The summed E-state index contributed by atoms with van der Waals surface area (Å²) in [6.45, 7) is 5.07. The molecule has 0 aromatic heterocycles. The molecule has 1 aliphatic heterocycles. The van der Waals surface area contributed by atoms with E-state index in [9.17, 15) is 8.42 Å². The zero-order chi connectivity index (χ0) is 9.41. The van der Waals surface area contributed by atoms with E-state index in [1.807, 2.05) is 13.8 Å². The van der Waals surface area contributed by atoms with Gasteiger partial charge in [-0.05, 0) is 13.8 Å². The van der Waals surface area contributed by atoms with Crippen LogP contribution in [0.2, 0.25) is 0 Å². The largest absolute Gasteiger partial charge is 0.299 e. The molecule has 0 radical (unpaired) electrons. The third-order valence-corrected chi connectivity index (χ3v) is 4.51. The van der Waals surface area contributed by atoms with Gasteiger partial charge in [-0.25, -0.2) is 0 Å². The van der Waals surface area contributed by atoms with Crippen LogP contribution in [0.1, 0.15) is 13.8 Å². The fourth-order valence-electron chi connectivity index (χ4n) is 1.16. The zero-order valence-electron chi connectivity index (χ0n) is 7.08. The minimum atomic E-state index is -3.50. The molecule has 6 heteroatoms. The van der Waals surface area contributed by atoms with Gasteiger partial charge in [0.15, 0.2) is 0 Å². The molecule has 0 N–H and O–H groups in total. The van der Waals surface area contributed by atoms with Gasteiger partial charge in [0.1, 0.15) is 0 Å². The summed E-state index contributed by atoms with van der Waals surface area (Å²) in [4.78, 5) is 0. The molecule has 0 atom stereocenters. The lowest BCUT2D eigenvalue weighted by molar-refractivity contribution is 0.396. The maximum absolute atomic E-state index is 11.0. The van der Waals surface area contributed by atoms with Crippen molar-refractivity contribution in [2.45, 2.75) is 18.6 Å². The van der Waals surface area contributed by atoms with Gasteiger partial charge in [-0.15, -0.1) is 0 Å². The summed E-state index contributed by atoms with van der Waals surface area (Å²) >= 11 is 1.78. The van der Waals surface area contributed by atoms with Crippen LogP contribution >= 0.6 is 22.4 Å². The second-order valence-corrected chi connectivity index (χ2v) is 7.70. The average molecular weight is 230 g/mol. The van der Waals surface area contributed by atoms with Gasteiger partial charge in [-0.1, -0.05) is 0 Å². The Labute approximate surface area is 82.0 Å². The lowest BCUT2D eigenvalue weighted by atomic mass is 10.2. The molecule has 1 aliphatic rings. The van der Waals surface area contributed by atoms with Crippen LogP contribution < -0.4 is 0 Å². The molecule has 0 aromatic rings. The lowest BCUT2D eigenvalue weighted by Gasteiger charge is -2.35. The first kappa shape index (κ1) is 10.6. The molecule has 0 aromatic carbocycles. The molecule has 0 bridgehead atoms. The molecule has 0 saturated carbocycles. The SMILES string of the molecule is CC1(C)CN(S(=O)(=O)Cl)CCS1. The molecule has 1 rings (SSSR count). The Morgan fingerprint density at radius 3 is 2.42 bits per heavy atom. The summed E-state index contributed by atoms with van der Waals surface area (Å²) in [6.07, 6.45) is 0. The van der Waals surface area contributed by atoms with Gasteiger partial charge in [0, 0.05) is 34.3 Å². The standard InChI is InChI=1S/C6H12ClNO2S2/c1-6(2)5-8(3-4-11-6)12(7,9)10/h3-5H2,1-2H3. The maximum Gasteiger partial charge on any atom is 0.299 e. The highest BCUT2D eigenvalue weighted by Crippen LogP contribution is 2.31. The molecule has 0 spiro atoms. The molecule has 0 amide bonds. The van der Waals surface area contributed by atoms with Gasteiger partial charge in [0.25, 0.3) is 9.24 Å². The highest BCUT2D eigenvalue weighted by atomic mass is 35.7. The van der Waals surface area contributed by atoms with Crippen molar-refractivity contribution in [2.24, 2.45) is 0 Å². The Hall–Kier alpha value is 0.550. The molecular formula is C6H12ClNO2S2. The number of hydrogen-bond donors (Lipinski definition) is 0. The second kappa shape index (κ2) is 3.36. The predicted molar refractivity (Wildman–Crippen MR) is 52.9 cm³/mol. The van der Waals surface area contributed by atoms with Crippen LogP contribution in [-0.2, 0) is 9.24 Å². The number of nitrogens with zero attached hydrogens (tertiary/aromatic N) is 1. The van der Waals surface area contributed by atoms with Gasteiger partial charge in [-0.2, -0.15) is 24.5 Å². The van der Waals surface area contributed by atoms with E-state index in [0.717, 1.165) is 5.75 Å². The predicted octanol–water partition coefficient (Wildman–Crippen LogP) is 1.30. The molecule has 0 aliphatic carbocycles. The van der Waals surface area contributed by atoms with Crippen LogP contribution in [0.4, 0.5) is 0 Å². The molecule has 0 unspecified atom stereocenters. The third-order valence-electron chi connectivity index (χ3n) is 1.70. The summed E-state index contributed by atoms with van der Waals surface area (Å²) in [7, 11) is 1.72. The molecule has 1 heterocycles.